The highest BCUT2D eigenvalue weighted by molar-refractivity contribution is 5.79. The largest absolute Gasteiger partial charge is 0.353 e. The van der Waals surface area contributed by atoms with Gasteiger partial charge in [-0.3, -0.25) is 4.79 Å². The summed E-state index contributed by atoms with van der Waals surface area (Å²) in [6.07, 6.45) is 10.7. The molecule has 0 saturated heterocycles. The van der Waals surface area contributed by atoms with Crippen LogP contribution in [0.3, 0.4) is 0 Å². The summed E-state index contributed by atoms with van der Waals surface area (Å²) < 4.78 is 2.12. The van der Waals surface area contributed by atoms with Gasteiger partial charge in [-0.05, 0) is 31.6 Å². The molecule has 0 radical (unpaired) electrons. The van der Waals surface area contributed by atoms with E-state index in [0.717, 1.165) is 25.8 Å². The average molecular weight is 261 g/mol. The zero-order chi connectivity index (χ0) is 13.2. The predicted octanol–water partition coefficient (Wildman–Crippen LogP) is 2.14. The second-order valence-electron chi connectivity index (χ2n) is 6.15. The molecule has 1 N–H and O–H groups in total. The van der Waals surface area contributed by atoms with Crippen molar-refractivity contribution >= 4 is 5.91 Å². The highest BCUT2D eigenvalue weighted by Gasteiger charge is 2.28. The fourth-order valence-corrected chi connectivity index (χ4v) is 3.42. The number of hydrogen-bond donors (Lipinski definition) is 1. The van der Waals surface area contributed by atoms with Gasteiger partial charge in [-0.25, -0.2) is 4.98 Å². The Kier molecular flexibility index (Phi) is 3.58. The molecule has 4 nitrogen and oxygen atoms in total. The van der Waals surface area contributed by atoms with Gasteiger partial charge in [-0.2, -0.15) is 0 Å². The molecule has 4 heteroatoms. The number of rotatable bonds is 2. The fourth-order valence-electron chi connectivity index (χ4n) is 3.42. The molecule has 0 spiro atoms. The lowest BCUT2D eigenvalue weighted by molar-refractivity contribution is -0.127. The van der Waals surface area contributed by atoms with Crippen molar-refractivity contribution in [2.24, 2.45) is 11.8 Å². The van der Waals surface area contributed by atoms with E-state index in [0.29, 0.717) is 12.0 Å². The zero-order valence-corrected chi connectivity index (χ0v) is 11.6. The number of aryl methyl sites for hydroxylation is 1. The Morgan fingerprint density at radius 2 is 2.21 bits per heavy atom. The van der Waals surface area contributed by atoms with Crippen molar-refractivity contribution in [3.8, 4) is 0 Å². The van der Waals surface area contributed by atoms with Crippen molar-refractivity contribution in [1.82, 2.24) is 14.9 Å². The first-order valence-electron chi connectivity index (χ1n) is 7.53. The maximum atomic E-state index is 12.4. The van der Waals surface area contributed by atoms with Crippen molar-refractivity contribution in [2.75, 3.05) is 0 Å². The number of carbonyl (C=O) groups excluding carboxylic acids is 1. The summed E-state index contributed by atoms with van der Waals surface area (Å²) in [5, 5.41) is 3.29. The molecule has 1 aliphatic carbocycles. The quantitative estimate of drug-likeness (QED) is 0.886. The van der Waals surface area contributed by atoms with Crippen molar-refractivity contribution in [3.05, 3.63) is 18.2 Å². The minimum absolute atomic E-state index is 0.121. The fraction of sp³-hybridized carbons (Fsp3) is 0.733. The van der Waals surface area contributed by atoms with Crippen LogP contribution in [0.15, 0.2) is 12.5 Å². The number of amides is 1. The Morgan fingerprint density at radius 1 is 1.37 bits per heavy atom. The Bertz CT molecular complexity index is 454. The first-order valence-corrected chi connectivity index (χ1v) is 7.53. The van der Waals surface area contributed by atoms with E-state index in [9.17, 15) is 4.79 Å². The first kappa shape index (κ1) is 12.7. The number of aromatic nitrogens is 2. The van der Waals surface area contributed by atoms with Gasteiger partial charge in [0.2, 0.25) is 5.91 Å². The highest BCUT2D eigenvalue weighted by Crippen LogP contribution is 2.25. The lowest BCUT2D eigenvalue weighted by Crippen LogP contribution is -2.45. The van der Waals surface area contributed by atoms with E-state index in [-0.39, 0.29) is 11.8 Å². The van der Waals surface area contributed by atoms with Crippen LogP contribution in [-0.2, 0) is 17.8 Å². The third kappa shape index (κ3) is 2.67. The Hall–Kier alpha value is -1.32. The van der Waals surface area contributed by atoms with Gasteiger partial charge >= 0.3 is 0 Å². The van der Waals surface area contributed by atoms with E-state index in [2.05, 4.69) is 21.8 Å². The van der Waals surface area contributed by atoms with Crippen molar-refractivity contribution in [3.63, 3.8) is 0 Å². The number of hydrogen-bond acceptors (Lipinski definition) is 2. The smallest absolute Gasteiger partial charge is 0.225 e. The van der Waals surface area contributed by atoms with E-state index in [4.69, 9.17) is 0 Å². The molecule has 1 amide bonds. The Labute approximate surface area is 114 Å². The molecule has 2 aliphatic rings. The summed E-state index contributed by atoms with van der Waals surface area (Å²) in [5.74, 6) is 0.999. The molecule has 0 unspecified atom stereocenters. The van der Waals surface area contributed by atoms with E-state index >= 15 is 0 Å². The SMILES string of the molecule is C[C@@H]1CCCC[C@H]1NC(=O)[C@H]1CCc2cncn2C1. The van der Waals surface area contributed by atoms with Crippen LogP contribution in [0, 0.1) is 11.8 Å². The molecule has 1 aliphatic heterocycles. The number of fused-ring (bicyclic) bond motifs is 1. The van der Waals surface area contributed by atoms with Crippen LogP contribution in [0.4, 0.5) is 0 Å². The molecule has 1 aromatic heterocycles. The number of carbonyl (C=O) groups is 1. The van der Waals surface area contributed by atoms with Crippen LogP contribution in [-0.4, -0.2) is 21.5 Å². The van der Waals surface area contributed by atoms with Gasteiger partial charge in [0.1, 0.15) is 0 Å². The van der Waals surface area contributed by atoms with Crippen molar-refractivity contribution < 1.29 is 4.79 Å². The monoisotopic (exact) mass is 261 g/mol. The second kappa shape index (κ2) is 5.35. The Morgan fingerprint density at radius 3 is 3.05 bits per heavy atom. The van der Waals surface area contributed by atoms with Crippen molar-refractivity contribution in [1.29, 1.82) is 0 Å². The summed E-state index contributed by atoms with van der Waals surface area (Å²) in [6, 6.07) is 0.394. The maximum absolute atomic E-state index is 12.4. The summed E-state index contributed by atoms with van der Waals surface area (Å²) >= 11 is 0. The standard InChI is InChI=1S/C15H23N3O/c1-11-4-2-3-5-14(11)17-15(19)12-6-7-13-8-16-10-18(13)9-12/h8,10-12,14H,2-7,9H2,1H3,(H,17,19)/t11-,12+,14-/m1/s1. The molecule has 19 heavy (non-hydrogen) atoms. The van der Waals surface area contributed by atoms with Crippen LogP contribution in [0.5, 0.6) is 0 Å². The molecule has 0 bridgehead atoms. The number of imidazole rings is 1. The van der Waals surface area contributed by atoms with Gasteiger partial charge in [-0.1, -0.05) is 19.8 Å². The molecule has 1 fully saturated rings. The number of nitrogens with zero attached hydrogens (tertiary/aromatic N) is 2. The van der Waals surface area contributed by atoms with E-state index < -0.39 is 0 Å². The molecule has 3 rings (SSSR count). The molecular formula is C15H23N3O. The zero-order valence-electron chi connectivity index (χ0n) is 11.6. The van der Waals surface area contributed by atoms with E-state index in [1.165, 1.54) is 25.0 Å². The summed E-state index contributed by atoms with van der Waals surface area (Å²) in [5.41, 5.74) is 1.26. The summed E-state index contributed by atoms with van der Waals surface area (Å²) in [7, 11) is 0. The van der Waals surface area contributed by atoms with Crippen LogP contribution in [0.1, 0.15) is 44.7 Å². The predicted molar refractivity (Wildman–Crippen MR) is 73.6 cm³/mol. The third-order valence-corrected chi connectivity index (χ3v) is 4.77. The van der Waals surface area contributed by atoms with Crippen molar-refractivity contribution in [2.45, 2.75) is 58.0 Å². The van der Waals surface area contributed by atoms with E-state index in [1.54, 1.807) is 0 Å². The van der Waals surface area contributed by atoms with Gasteiger partial charge in [0, 0.05) is 24.5 Å². The second-order valence-corrected chi connectivity index (χ2v) is 6.15. The minimum Gasteiger partial charge on any atom is -0.353 e. The van der Waals surface area contributed by atoms with E-state index in [1.807, 2.05) is 12.5 Å². The number of nitrogens with one attached hydrogen (secondary N) is 1. The molecule has 1 aromatic rings. The molecule has 1 saturated carbocycles. The molecule has 0 aromatic carbocycles. The lowest BCUT2D eigenvalue weighted by Gasteiger charge is -2.32. The highest BCUT2D eigenvalue weighted by atomic mass is 16.2. The average Bonchev–Trinajstić information content (AvgIpc) is 2.88. The molecule has 104 valence electrons. The van der Waals surface area contributed by atoms with Gasteiger partial charge in [0.25, 0.3) is 0 Å². The molecule has 3 atom stereocenters. The lowest BCUT2D eigenvalue weighted by atomic mass is 9.85. The van der Waals surface area contributed by atoms with Crippen LogP contribution in [0.2, 0.25) is 0 Å². The van der Waals surface area contributed by atoms with Gasteiger partial charge in [-0.15, -0.1) is 0 Å². The van der Waals surface area contributed by atoms with Crippen LogP contribution < -0.4 is 5.32 Å². The molecular weight excluding hydrogens is 238 g/mol. The summed E-state index contributed by atoms with van der Waals surface area (Å²) in [4.78, 5) is 16.6. The van der Waals surface area contributed by atoms with Crippen LogP contribution >= 0.6 is 0 Å². The Balaban J connectivity index is 1.59. The van der Waals surface area contributed by atoms with Crippen LogP contribution in [0.25, 0.3) is 0 Å². The molecule has 2 heterocycles. The first-order chi connectivity index (χ1) is 9.24. The minimum atomic E-state index is 0.121. The van der Waals surface area contributed by atoms with Gasteiger partial charge in [0.15, 0.2) is 0 Å². The summed E-state index contributed by atoms with van der Waals surface area (Å²) in [6.45, 7) is 3.06. The topological polar surface area (TPSA) is 46.9 Å². The normalized spacial score (nSPS) is 30.7. The third-order valence-electron chi connectivity index (χ3n) is 4.77. The van der Waals surface area contributed by atoms with Gasteiger partial charge in [0.05, 0.1) is 12.2 Å². The maximum Gasteiger partial charge on any atom is 0.225 e. The van der Waals surface area contributed by atoms with Gasteiger partial charge < -0.3 is 9.88 Å².